The zero-order valence-corrected chi connectivity index (χ0v) is 16.5. The van der Waals surface area contributed by atoms with E-state index in [1.54, 1.807) is 0 Å². The number of piperidine rings is 1. The van der Waals surface area contributed by atoms with E-state index in [-0.39, 0.29) is 12.1 Å². The van der Waals surface area contributed by atoms with Crippen LogP contribution in [0.1, 0.15) is 69.8 Å². The molecule has 1 amide bonds. The van der Waals surface area contributed by atoms with E-state index >= 15 is 0 Å². The summed E-state index contributed by atoms with van der Waals surface area (Å²) in [7, 11) is 0. The summed E-state index contributed by atoms with van der Waals surface area (Å²) in [6, 6.07) is 6.17. The van der Waals surface area contributed by atoms with Crippen molar-refractivity contribution in [3.8, 4) is 0 Å². The molecule has 1 aromatic carbocycles. The van der Waals surface area contributed by atoms with Crippen molar-refractivity contribution >= 4 is 6.09 Å². The molecule has 0 aliphatic carbocycles. The van der Waals surface area contributed by atoms with E-state index in [0.717, 1.165) is 29.5 Å². The number of hydrogen-bond donors (Lipinski definition) is 1. The number of amides is 1. The first-order valence-corrected chi connectivity index (χ1v) is 9.31. The quantitative estimate of drug-likeness (QED) is 0.857. The summed E-state index contributed by atoms with van der Waals surface area (Å²) in [5.74, 6) is 0.551. The summed E-state index contributed by atoms with van der Waals surface area (Å²) in [6.45, 7) is 12.6. The maximum atomic E-state index is 12.6. The number of aliphatic hydroxyl groups is 1. The van der Waals surface area contributed by atoms with E-state index in [0.29, 0.717) is 18.9 Å². The van der Waals surface area contributed by atoms with Crippen molar-refractivity contribution < 1.29 is 14.6 Å². The molecule has 4 nitrogen and oxygen atoms in total. The van der Waals surface area contributed by atoms with Gasteiger partial charge in [-0.3, -0.25) is 0 Å². The largest absolute Gasteiger partial charge is 0.444 e. The molecular weight excluding hydrogens is 314 g/mol. The molecule has 0 saturated carbocycles. The summed E-state index contributed by atoms with van der Waals surface area (Å²) < 4.78 is 5.57. The normalized spacial score (nSPS) is 22.6. The molecule has 3 atom stereocenters. The lowest BCUT2D eigenvalue weighted by atomic mass is 9.88. The van der Waals surface area contributed by atoms with Crippen LogP contribution >= 0.6 is 0 Å². The Labute approximate surface area is 152 Å². The molecule has 1 saturated heterocycles. The highest BCUT2D eigenvalue weighted by Gasteiger charge is 2.34. The van der Waals surface area contributed by atoms with Crippen molar-refractivity contribution in [3.63, 3.8) is 0 Å². The lowest BCUT2D eigenvalue weighted by molar-refractivity contribution is -0.00280. The summed E-state index contributed by atoms with van der Waals surface area (Å²) >= 11 is 0. The zero-order chi connectivity index (χ0) is 18.8. The van der Waals surface area contributed by atoms with E-state index in [2.05, 4.69) is 13.0 Å². The molecule has 4 heteroatoms. The standard InChI is InChI=1S/C21H33NO3/c1-14-7-8-22(20(24)25-21(4,5)6)18(12-14)13-19(23)17-10-15(2)9-16(3)11-17/h9-11,14,18-19,23H,7-8,12-13H2,1-6H3. The summed E-state index contributed by atoms with van der Waals surface area (Å²) in [6.07, 6.45) is 1.60. The molecule has 0 bridgehead atoms. The second-order valence-corrected chi connectivity index (χ2v) is 8.63. The minimum Gasteiger partial charge on any atom is -0.444 e. The summed E-state index contributed by atoms with van der Waals surface area (Å²) in [5, 5.41) is 10.8. The molecule has 0 aromatic heterocycles. The monoisotopic (exact) mass is 347 g/mol. The van der Waals surface area contributed by atoms with Crippen LogP contribution < -0.4 is 0 Å². The molecule has 1 N–H and O–H groups in total. The molecule has 1 fully saturated rings. The number of carbonyl (C=O) groups is 1. The van der Waals surface area contributed by atoms with E-state index in [1.165, 1.54) is 0 Å². The summed E-state index contributed by atoms with van der Waals surface area (Å²) in [5.41, 5.74) is 2.72. The van der Waals surface area contributed by atoms with Crippen LogP contribution in [0.5, 0.6) is 0 Å². The highest BCUT2D eigenvalue weighted by atomic mass is 16.6. The van der Waals surface area contributed by atoms with Crippen molar-refractivity contribution in [2.24, 2.45) is 5.92 Å². The molecule has 0 spiro atoms. The number of aryl methyl sites for hydroxylation is 2. The van der Waals surface area contributed by atoms with Crippen molar-refractivity contribution in [2.45, 2.75) is 78.6 Å². The van der Waals surface area contributed by atoms with Crippen molar-refractivity contribution in [2.75, 3.05) is 6.54 Å². The van der Waals surface area contributed by atoms with Gasteiger partial charge in [-0.05, 0) is 65.4 Å². The van der Waals surface area contributed by atoms with E-state index < -0.39 is 11.7 Å². The molecule has 0 radical (unpaired) electrons. The molecule has 25 heavy (non-hydrogen) atoms. The Kier molecular flexibility index (Phi) is 6.15. The first-order valence-electron chi connectivity index (χ1n) is 9.31. The lowest BCUT2D eigenvalue weighted by Gasteiger charge is -2.40. The molecule has 1 aliphatic heterocycles. The van der Waals surface area contributed by atoms with Gasteiger partial charge in [-0.1, -0.05) is 36.2 Å². The van der Waals surface area contributed by atoms with Crippen LogP contribution in [0.4, 0.5) is 4.79 Å². The molecule has 1 heterocycles. The Morgan fingerprint density at radius 3 is 2.44 bits per heavy atom. The number of nitrogens with zero attached hydrogens (tertiary/aromatic N) is 1. The number of carbonyl (C=O) groups excluding carboxylic acids is 1. The average molecular weight is 347 g/mol. The third-order valence-electron chi connectivity index (χ3n) is 4.73. The lowest BCUT2D eigenvalue weighted by Crippen LogP contribution is -2.48. The van der Waals surface area contributed by atoms with Gasteiger partial charge in [0.15, 0.2) is 0 Å². The summed E-state index contributed by atoms with van der Waals surface area (Å²) in [4.78, 5) is 14.4. The fourth-order valence-corrected chi connectivity index (χ4v) is 3.63. The minimum atomic E-state index is -0.571. The topological polar surface area (TPSA) is 49.8 Å². The number of benzene rings is 1. The second kappa shape index (κ2) is 7.77. The van der Waals surface area contributed by atoms with Gasteiger partial charge in [0.25, 0.3) is 0 Å². The van der Waals surface area contributed by atoms with Crippen LogP contribution in [0.25, 0.3) is 0 Å². The maximum absolute atomic E-state index is 12.6. The van der Waals surface area contributed by atoms with Crippen LogP contribution in [0.15, 0.2) is 18.2 Å². The first kappa shape index (κ1) is 19.8. The second-order valence-electron chi connectivity index (χ2n) is 8.63. The van der Waals surface area contributed by atoms with E-state index in [4.69, 9.17) is 4.74 Å². The Hall–Kier alpha value is -1.55. The van der Waals surface area contributed by atoms with Crippen molar-refractivity contribution in [1.82, 2.24) is 4.90 Å². The van der Waals surface area contributed by atoms with Crippen LogP contribution in [0.3, 0.4) is 0 Å². The molecule has 140 valence electrons. The fraction of sp³-hybridized carbons (Fsp3) is 0.667. The zero-order valence-electron chi connectivity index (χ0n) is 16.5. The Morgan fingerprint density at radius 2 is 1.88 bits per heavy atom. The Morgan fingerprint density at radius 1 is 1.28 bits per heavy atom. The van der Waals surface area contributed by atoms with Gasteiger partial charge in [-0.25, -0.2) is 4.79 Å². The average Bonchev–Trinajstić information content (AvgIpc) is 2.44. The van der Waals surface area contributed by atoms with Gasteiger partial charge in [0.2, 0.25) is 0 Å². The Bertz CT molecular complexity index is 585. The maximum Gasteiger partial charge on any atom is 0.410 e. The first-order chi connectivity index (χ1) is 11.5. The van der Waals surface area contributed by atoms with Crippen LogP contribution in [-0.4, -0.2) is 34.3 Å². The van der Waals surface area contributed by atoms with Gasteiger partial charge in [-0.2, -0.15) is 0 Å². The van der Waals surface area contributed by atoms with Crippen molar-refractivity contribution in [3.05, 3.63) is 34.9 Å². The highest BCUT2D eigenvalue weighted by molar-refractivity contribution is 5.68. The molecule has 2 rings (SSSR count). The third-order valence-corrected chi connectivity index (χ3v) is 4.73. The van der Waals surface area contributed by atoms with Gasteiger partial charge in [0.1, 0.15) is 5.60 Å². The SMILES string of the molecule is Cc1cc(C)cc(C(O)CC2CC(C)CCN2C(=O)OC(C)(C)C)c1. The van der Waals surface area contributed by atoms with E-state index in [9.17, 15) is 9.90 Å². The number of rotatable bonds is 3. The Balaban J connectivity index is 2.13. The minimum absolute atomic E-state index is 0.00872. The highest BCUT2D eigenvalue weighted by Crippen LogP contribution is 2.31. The van der Waals surface area contributed by atoms with E-state index in [1.807, 2.05) is 51.7 Å². The van der Waals surface area contributed by atoms with Gasteiger partial charge in [-0.15, -0.1) is 0 Å². The molecule has 3 unspecified atom stereocenters. The molecule has 1 aromatic rings. The van der Waals surface area contributed by atoms with Gasteiger partial charge in [0, 0.05) is 12.6 Å². The van der Waals surface area contributed by atoms with Crippen LogP contribution in [0.2, 0.25) is 0 Å². The number of likely N-dealkylation sites (tertiary alicyclic amines) is 1. The fourth-order valence-electron chi connectivity index (χ4n) is 3.63. The predicted octanol–water partition coefficient (Wildman–Crippen LogP) is 4.76. The van der Waals surface area contributed by atoms with Crippen LogP contribution in [-0.2, 0) is 4.74 Å². The number of ether oxygens (including phenoxy) is 1. The van der Waals surface area contributed by atoms with Gasteiger partial charge in [0.05, 0.1) is 6.10 Å². The third kappa shape index (κ3) is 5.74. The predicted molar refractivity (Wildman–Crippen MR) is 101 cm³/mol. The number of aliphatic hydroxyl groups excluding tert-OH is 1. The smallest absolute Gasteiger partial charge is 0.410 e. The van der Waals surface area contributed by atoms with Crippen LogP contribution in [0, 0.1) is 19.8 Å². The van der Waals surface area contributed by atoms with Gasteiger partial charge >= 0.3 is 6.09 Å². The molecular formula is C21H33NO3. The van der Waals surface area contributed by atoms with Crippen molar-refractivity contribution in [1.29, 1.82) is 0 Å². The number of hydrogen-bond acceptors (Lipinski definition) is 3. The molecule has 1 aliphatic rings. The van der Waals surface area contributed by atoms with Gasteiger partial charge < -0.3 is 14.7 Å².